The van der Waals surface area contributed by atoms with Gasteiger partial charge in [-0.1, -0.05) is 6.92 Å². The predicted octanol–water partition coefficient (Wildman–Crippen LogP) is 2.24. The Labute approximate surface area is 103 Å². The summed E-state index contributed by atoms with van der Waals surface area (Å²) in [6, 6.07) is 4.01. The molecule has 0 atom stereocenters. The maximum atomic E-state index is 13.1. The SMILES string of the molecule is CCCNS(=O)(=O)Nc1ccc(Br)c(F)c1. The van der Waals surface area contributed by atoms with Crippen LogP contribution in [0.5, 0.6) is 0 Å². The van der Waals surface area contributed by atoms with Crippen LogP contribution in [0.2, 0.25) is 0 Å². The molecule has 0 bridgehead atoms. The number of benzene rings is 1. The Morgan fingerprint density at radius 2 is 2.12 bits per heavy atom. The third kappa shape index (κ3) is 4.07. The lowest BCUT2D eigenvalue weighted by Gasteiger charge is -2.08. The van der Waals surface area contributed by atoms with E-state index in [4.69, 9.17) is 0 Å². The van der Waals surface area contributed by atoms with Gasteiger partial charge in [-0.3, -0.25) is 4.72 Å². The van der Waals surface area contributed by atoms with Gasteiger partial charge in [0.2, 0.25) is 0 Å². The van der Waals surface area contributed by atoms with Gasteiger partial charge in [0.25, 0.3) is 10.2 Å². The Morgan fingerprint density at radius 1 is 1.44 bits per heavy atom. The summed E-state index contributed by atoms with van der Waals surface area (Å²) in [5.74, 6) is -0.518. The van der Waals surface area contributed by atoms with Gasteiger partial charge < -0.3 is 0 Å². The van der Waals surface area contributed by atoms with Crippen molar-refractivity contribution in [2.24, 2.45) is 0 Å². The van der Waals surface area contributed by atoms with E-state index in [0.29, 0.717) is 13.0 Å². The van der Waals surface area contributed by atoms with Crippen molar-refractivity contribution in [3.63, 3.8) is 0 Å². The minimum absolute atomic E-state index is 0.185. The average molecular weight is 311 g/mol. The molecule has 0 saturated carbocycles. The van der Waals surface area contributed by atoms with Crippen molar-refractivity contribution in [1.29, 1.82) is 0 Å². The van der Waals surface area contributed by atoms with Crippen molar-refractivity contribution < 1.29 is 12.8 Å². The molecule has 0 aromatic heterocycles. The maximum Gasteiger partial charge on any atom is 0.299 e. The summed E-state index contributed by atoms with van der Waals surface area (Å²) in [7, 11) is -3.61. The molecule has 7 heteroatoms. The second kappa shape index (κ2) is 5.60. The van der Waals surface area contributed by atoms with Crippen LogP contribution in [-0.4, -0.2) is 15.0 Å². The molecule has 0 amide bonds. The summed E-state index contributed by atoms with van der Waals surface area (Å²) in [5.41, 5.74) is 0.185. The van der Waals surface area contributed by atoms with Crippen molar-refractivity contribution in [2.75, 3.05) is 11.3 Å². The molecule has 0 radical (unpaired) electrons. The Kier molecular flexibility index (Phi) is 4.69. The van der Waals surface area contributed by atoms with E-state index in [0.717, 1.165) is 6.07 Å². The molecule has 0 fully saturated rings. The highest BCUT2D eigenvalue weighted by atomic mass is 79.9. The van der Waals surface area contributed by atoms with Gasteiger partial charge in [-0.2, -0.15) is 13.1 Å². The molecule has 16 heavy (non-hydrogen) atoms. The molecule has 0 aliphatic carbocycles. The van der Waals surface area contributed by atoms with Crippen LogP contribution < -0.4 is 9.44 Å². The minimum atomic E-state index is -3.61. The zero-order valence-corrected chi connectivity index (χ0v) is 11.0. The van der Waals surface area contributed by atoms with Crippen molar-refractivity contribution in [2.45, 2.75) is 13.3 Å². The van der Waals surface area contributed by atoms with Crippen LogP contribution in [0.3, 0.4) is 0 Å². The molecule has 1 rings (SSSR count). The van der Waals surface area contributed by atoms with E-state index in [1.807, 2.05) is 6.92 Å². The molecular formula is C9H12BrFN2O2S. The van der Waals surface area contributed by atoms with Gasteiger partial charge in [-0.15, -0.1) is 0 Å². The summed E-state index contributed by atoms with van der Waals surface area (Å²) >= 11 is 2.98. The molecule has 1 aromatic rings. The molecule has 1 aromatic carbocycles. The van der Waals surface area contributed by atoms with Gasteiger partial charge in [0, 0.05) is 6.54 Å². The van der Waals surface area contributed by atoms with Crippen LogP contribution in [0.1, 0.15) is 13.3 Å². The molecule has 0 unspecified atom stereocenters. The number of nitrogens with one attached hydrogen (secondary N) is 2. The van der Waals surface area contributed by atoms with Gasteiger partial charge in [0.15, 0.2) is 0 Å². The largest absolute Gasteiger partial charge is 0.299 e. The molecular weight excluding hydrogens is 299 g/mol. The topological polar surface area (TPSA) is 58.2 Å². The van der Waals surface area contributed by atoms with Crippen LogP contribution in [-0.2, 0) is 10.2 Å². The molecule has 0 aliphatic rings. The van der Waals surface area contributed by atoms with Crippen LogP contribution in [0.25, 0.3) is 0 Å². The summed E-state index contributed by atoms with van der Waals surface area (Å²) in [5, 5.41) is 0. The van der Waals surface area contributed by atoms with E-state index < -0.39 is 16.0 Å². The smallest absolute Gasteiger partial charge is 0.271 e. The Bertz CT molecular complexity index is 465. The maximum absolute atomic E-state index is 13.1. The Hall–Kier alpha value is -0.660. The normalized spacial score (nSPS) is 11.4. The van der Waals surface area contributed by atoms with Crippen molar-refractivity contribution in [1.82, 2.24) is 4.72 Å². The minimum Gasteiger partial charge on any atom is -0.271 e. The van der Waals surface area contributed by atoms with E-state index in [2.05, 4.69) is 25.4 Å². The van der Waals surface area contributed by atoms with Gasteiger partial charge in [-0.25, -0.2) is 4.39 Å². The second-order valence-corrected chi connectivity index (χ2v) is 5.48. The standard InChI is InChI=1S/C9H12BrFN2O2S/c1-2-5-12-16(14,15)13-7-3-4-8(10)9(11)6-7/h3-4,6,12-13H,2,5H2,1H3. The number of anilines is 1. The monoisotopic (exact) mass is 310 g/mol. The van der Waals surface area contributed by atoms with Crippen LogP contribution >= 0.6 is 15.9 Å². The quantitative estimate of drug-likeness (QED) is 0.876. The average Bonchev–Trinajstić information content (AvgIpc) is 2.20. The molecule has 2 N–H and O–H groups in total. The lowest BCUT2D eigenvalue weighted by molar-refractivity contribution is 0.586. The first-order valence-electron chi connectivity index (χ1n) is 4.67. The summed E-state index contributed by atoms with van der Waals surface area (Å²) in [6.07, 6.45) is 0.690. The highest BCUT2D eigenvalue weighted by Gasteiger charge is 2.09. The number of halogens is 2. The number of hydrogen-bond acceptors (Lipinski definition) is 2. The number of rotatable bonds is 5. The summed E-state index contributed by atoms with van der Waals surface area (Å²) < 4.78 is 40.7. The molecule has 0 aliphatic heterocycles. The fourth-order valence-corrected chi connectivity index (χ4v) is 2.22. The molecule has 4 nitrogen and oxygen atoms in total. The first-order chi connectivity index (χ1) is 7.44. The zero-order chi connectivity index (χ0) is 12.2. The molecule has 0 heterocycles. The third-order valence-corrected chi connectivity index (χ3v) is 3.45. The molecule has 0 spiro atoms. The lowest BCUT2D eigenvalue weighted by atomic mass is 10.3. The van der Waals surface area contributed by atoms with Crippen LogP contribution in [0.15, 0.2) is 22.7 Å². The second-order valence-electron chi connectivity index (χ2n) is 3.13. The summed E-state index contributed by atoms with van der Waals surface area (Å²) in [4.78, 5) is 0. The fourth-order valence-electron chi connectivity index (χ4n) is 0.987. The highest BCUT2D eigenvalue weighted by molar-refractivity contribution is 9.10. The Balaban J connectivity index is 2.76. The third-order valence-electron chi connectivity index (χ3n) is 1.71. The predicted molar refractivity (Wildman–Crippen MR) is 64.9 cm³/mol. The van der Waals surface area contributed by atoms with Gasteiger partial charge in [0.05, 0.1) is 10.2 Å². The lowest BCUT2D eigenvalue weighted by Crippen LogP contribution is -2.30. The van der Waals surface area contributed by atoms with Gasteiger partial charge >= 0.3 is 0 Å². The van der Waals surface area contributed by atoms with Crippen molar-refractivity contribution in [3.8, 4) is 0 Å². The van der Waals surface area contributed by atoms with Crippen molar-refractivity contribution >= 4 is 31.8 Å². The van der Waals surface area contributed by atoms with E-state index >= 15 is 0 Å². The first kappa shape index (κ1) is 13.4. The van der Waals surface area contributed by atoms with Crippen LogP contribution in [0, 0.1) is 5.82 Å². The van der Waals surface area contributed by atoms with E-state index in [1.165, 1.54) is 12.1 Å². The van der Waals surface area contributed by atoms with E-state index in [9.17, 15) is 12.8 Å². The molecule has 0 saturated heterocycles. The highest BCUT2D eigenvalue weighted by Crippen LogP contribution is 2.19. The number of hydrogen-bond donors (Lipinski definition) is 2. The van der Waals surface area contributed by atoms with Crippen LogP contribution in [0.4, 0.5) is 10.1 Å². The van der Waals surface area contributed by atoms with E-state index in [-0.39, 0.29) is 10.2 Å². The fraction of sp³-hybridized carbons (Fsp3) is 0.333. The van der Waals surface area contributed by atoms with Gasteiger partial charge in [-0.05, 0) is 40.5 Å². The summed E-state index contributed by atoms with van der Waals surface area (Å²) in [6.45, 7) is 2.19. The van der Waals surface area contributed by atoms with Gasteiger partial charge in [0.1, 0.15) is 5.82 Å². The first-order valence-corrected chi connectivity index (χ1v) is 6.94. The Morgan fingerprint density at radius 3 is 2.69 bits per heavy atom. The molecule has 90 valence electrons. The van der Waals surface area contributed by atoms with Crippen molar-refractivity contribution in [3.05, 3.63) is 28.5 Å². The zero-order valence-electron chi connectivity index (χ0n) is 8.63. The van der Waals surface area contributed by atoms with E-state index in [1.54, 1.807) is 0 Å².